The van der Waals surface area contributed by atoms with Crippen LogP contribution in [0.4, 0.5) is 0 Å². The Morgan fingerprint density at radius 1 is 1.50 bits per heavy atom. The van der Waals surface area contributed by atoms with Crippen molar-refractivity contribution >= 4 is 17.3 Å². The van der Waals surface area contributed by atoms with E-state index in [0.717, 1.165) is 18.4 Å². The Hall–Kier alpha value is -0.830. The molecule has 3 heteroatoms. The van der Waals surface area contributed by atoms with Gasteiger partial charge in [-0.2, -0.15) is 11.3 Å². The van der Waals surface area contributed by atoms with Gasteiger partial charge in [-0.1, -0.05) is 6.42 Å². The topological polar surface area (TPSA) is 37.3 Å². The lowest BCUT2D eigenvalue weighted by molar-refractivity contribution is 0.0695. The zero-order chi connectivity index (χ0) is 8.55. The molecular weight excluding hydrogens is 172 g/mol. The van der Waals surface area contributed by atoms with E-state index in [2.05, 4.69) is 0 Å². The summed E-state index contributed by atoms with van der Waals surface area (Å²) in [7, 11) is 0. The van der Waals surface area contributed by atoms with Crippen LogP contribution in [0.5, 0.6) is 0 Å². The molecule has 12 heavy (non-hydrogen) atoms. The van der Waals surface area contributed by atoms with Crippen LogP contribution < -0.4 is 0 Å². The van der Waals surface area contributed by atoms with Gasteiger partial charge in [0.2, 0.25) is 0 Å². The minimum atomic E-state index is -0.779. The monoisotopic (exact) mass is 182 g/mol. The van der Waals surface area contributed by atoms with Crippen LogP contribution in [0.2, 0.25) is 0 Å². The molecule has 1 aliphatic rings. The van der Waals surface area contributed by atoms with Gasteiger partial charge in [-0.3, -0.25) is 0 Å². The smallest absolute Gasteiger partial charge is 0.336 e. The summed E-state index contributed by atoms with van der Waals surface area (Å²) in [5.41, 5.74) is 1.57. The maximum atomic E-state index is 10.7. The van der Waals surface area contributed by atoms with Crippen molar-refractivity contribution in [3.63, 3.8) is 0 Å². The molecular formula is C9H10O2S. The van der Waals surface area contributed by atoms with Gasteiger partial charge >= 0.3 is 5.97 Å². The summed E-state index contributed by atoms with van der Waals surface area (Å²) in [4.78, 5) is 10.7. The number of thiophene rings is 1. The van der Waals surface area contributed by atoms with Crippen LogP contribution in [0.1, 0.15) is 41.1 Å². The second kappa shape index (κ2) is 2.90. The molecule has 0 atom stereocenters. The molecule has 64 valence electrons. The number of rotatable bonds is 2. The molecule has 1 aliphatic carbocycles. The molecule has 1 fully saturated rings. The minimum absolute atomic E-state index is 0.518. The molecule has 0 radical (unpaired) electrons. The summed E-state index contributed by atoms with van der Waals surface area (Å²) in [5, 5.41) is 12.5. The molecule has 0 amide bonds. The van der Waals surface area contributed by atoms with Crippen molar-refractivity contribution in [3.05, 3.63) is 21.9 Å². The van der Waals surface area contributed by atoms with Crippen LogP contribution in [0, 0.1) is 0 Å². The molecule has 0 spiro atoms. The number of aromatic carboxylic acids is 1. The standard InChI is InChI=1S/C9H10O2S/c10-9(11)8-5-12-4-7(8)6-2-1-3-6/h4-6H,1-3H2,(H,10,11). The highest BCUT2D eigenvalue weighted by molar-refractivity contribution is 7.08. The fraction of sp³-hybridized carbons (Fsp3) is 0.444. The molecule has 1 saturated carbocycles. The van der Waals surface area contributed by atoms with E-state index < -0.39 is 5.97 Å². The van der Waals surface area contributed by atoms with E-state index in [4.69, 9.17) is 5.11 Å². The average Bonchev–Trinajstić information content (AvgIpc) is 2.31. The molecule has 0 unspecified atom stereocenters. The van der Waals surface area contributed by atoms with Gasteiger partial charge in [0, 0.05) is 5.38 Å². The van der Waals surface area contributed by atoms with Crippen molar-refractivity contribution in [3.8, 4) is 0 Å². The summed E-state index contributed by atoms with van der Waals surface area (Å²) in [5.74, 6) is -0.250. The van der Waals surface area contributed by atoms with E-state index in [0.29, 0.717) is 11.5 Å². The summed E-state index contributed by atoms with van der Waals surface area (Å²) < 4.78 is 0. The zero-order valence-electron chi connectivity index (χ0n) is 6.62. The first-order valence-corrected chi connectivity index (χ1v) is 5.02. The van der Waals surface area contributed by atoms with E-state index in [9.17, 15) is 4.79 Å². The fourth-order valence-electron chi connectivity index (χ4n) is 1.52. The van der Waals surface area contributed by atoms with Crippen LogP contribution in [0.15, 0.2) is 10.8 Å². The maximum absolute atomic E-state index is 10.7. The number of hydrogen-bond acceptors (Lipinski definition) is 2. The molecule has 1 aromatic rings. The van der Waals surface area contributed by atoms with Gasteiger partial charge in [-0.15, -0.1) is 0 Å². The van der Waals surface area contributed by atoms with E-state index in [1.165, 1.54) is 17.8 Å². The second-order valence-corrected chi connectivity index (χ2v) is 3.92. The Balaban J connectivity index is 2.29. The molecule has 2 rings (SSSR count). The minimum Gasteiger partial charge on any atom is -0.478 e. The highest BCUT2D eigenvalue weighted by atomic mass is 32.1. The number of hydrogen-bond donors (Lipinski definition) is 1. The van der Waals surface area contributed by atoms with Gasteiger partial charge < -0.3 is 5.11 Å². The SMILES string of the molecule is O=C(O)c1cscc1C1CCC1. The summed E-state index contributed by atoms with van der Waals surface area (Å²) >= 11 is 1.49. The lowest BCUT2D eigenvalue weighted by Gasteiger charge is -2.25. The Morgan fingerprint density at radius 2 is 2.25 bits per heavy atom. The summed E-state index contributed by atoms with van der Waals surface area (Å²) in [6.45, 7) is 0. The largest absolute Gasteiger partial charge is 0.478 e. The predicted octanol–water partition coefficient (Wildman–Crippen LogP) is 2.71. The van der Waals surface area contributed by atoms with E-state index in [-0.39, 0.29) is 0 Å². The van der Waals surface area contributed by atoms with E-state index in [1.807, 2.05) is 5.38 Å². The van der Waals surface area contributed by atoms with Crippen LogP contribution in [-0.2, 0) is 0 Å². The van der Waals surface area contributed by atoms with Crippen molar-refractivity contribution in [1.29, 1.82) is 0 Å². The van der Waals surface area contributed by atoms with Gasteiger partial charge in [0.05, 0.1) is 5.56 Å². The van der Waals surface area contributed by atoms with Gasteiger partial charge in [0.25, 0.3) is 0 Å². The quantitative estimate of drug-likeness (QED) is 0.763. The first-order chi connectivity index (χ1) is 5.79. The van der Waals surface area contributed by atoms with Gasteiger partial charge in [-0.25, -0.2) is 4.79 Å². The van der Waals surface area contributed by atoms with Crippen LogP contribution in [0.3, 0.4) is 0 Å². The lowest BCUT2D eigenvalue weighted by atomic mass is 9.80. The highest BCUT2D eigenvalue weighted by Gasteiger charge is 2.24. The first kappa shape index (κ1) is 7.80. The highest BCUT2D eigenvalue weighted by Crippen LogP contribution is 2.39. The number of carbonyl (C=O) groups is 1. The Labute approximate surface area is 74.8 Å². The summed E-state index contributed by atoms with van der Waals surface area (Å²) in [6, 6.07) is 0. The Kier molecular flexibility index (Phi) is 1.89. The third-order valence-corrected chi connectivity index (χ3v) is 3.23. The predicted molar refractivity (Wildman–Crippen MR) is 47.9 cm³/mol. The third-order valence-electron chi connectivity index (χ3n) is 2.47. The molecule has 1 aromatic heterocycles. The number of carboxylic acid groups (broad SMARTS) is 1. The van der Waals surface area contributed by atoms with Crippen molar-refractivity contribution in [1.82, 2.24) is 0 Å². The number of carboxylic acids is 1. The summed E-state index contributed by atoms with van der Waals surface area (Å²) in [6.07, 6.45) is 3.58. The van der Waals surface area contributed by atoms with E-state index in [1.54, 1.807) is 5.38 Å². The fourth-order valence-corrected chi connectivity index (χ4v) is 2.42. The Morgan fingerprint density at radius 3 is 2.75 bits per heavy atom. The van der Waals surface area contributed by atoms with Gasteiger partial charge in [0.1, 0.15) is 0 Å². The first-order valence-electron chi connectivity index (χ1n) is 4.08. The molecule has 0 aromatic carbocycles. The molecule has 0 saturated heterocycles. The molecule has 1 heterocycles. The van der Waals surface area contributed by atoms with Crippen LogP contribution in [0.25, 0.3) is 0 Å². The normalized spacial score (nSPS) is 17.3. The van der Waals surface area contributed by atoms with Crippen LogP contribution >= 0.6 is 11.3 Å². The van der Waals surface area contributed by atoms with Crippen LogP contribution in [-0.4, -0.2) is 11.1 Å². The van der Waals surface area contributed by atoms with E-state index >= 15 is 0 Å². The van der Waals surface area contributed by atoms with Gasteiger partial charge in [0.15, 0.2) is 0 Å². The van der Waals surface area contributed by atoms with Gasteiger partial charge in [-0.05, 0) is 29.7 Å². The Bertz CT molecular complexity index is 299. The molecule has 1 N–H and O–H groups in total. The maximum Gasteiger partial charge on any atom is 0.336 e. The lowest BCUT2D eigenvalue weighted by Crippen LogP contribution is -2.11. The second-order valence-electron chi connectivity index (χ2n) is 3.17. The third kappa shape index (κ3) is 1.14. The molecule has 0 bridgehead atoms. The zero-order valence-corrected chi connectivity index (χ0v) is 7.43. The molecule has 0 aliphatic heterocycles. The van der Waals surface area contributed by atoms with Crippen molar-refractivity contribution in [2.75, 3.05) is 0 Å². The van der Waals surface area contributed by atoms with Crippen molar-refractivity contribution in [2.45, 2.75) is 25.2 Å². The molecule has 2 nitrogen and oxygen atoms in total. The van der Waals surface area contributed by atoms with Crippen molar-refractivity contribution < 1.29 is 9.90 Å². The van der Waals surface area contributed by atoms with Crippen molar-refractivity contribution in [2.24, 2.45) is 0 Å². The average molecular weight is 182 g/mol.